The first kappa shape index (κ1) is 16.2. The van der Waals surface area contributed by atoms with Crippen molar-refractivity contribution >= 4 is 5.91 Å². The summed E-state index contributed by atoms with van der Waals surface area (Å²) in [6.45, 7) is 4.03. The first-order chi connectivity index (χ1) is 11.5. The zero-order valence-corrected chi connectivity index (χ0v) is 13.7. The second kappa shape index (κ2) is 6.45. The Balaban J connectivity index is 1.99. The van der Waals surface area contributed by atoms with Crippen LogP contribution >= 0.6 is 0 Å². The Hall–Kier alpha value is -2.67. The number of piperazine rings is 1. The van der Waals surface area contributed by atoms with Gasteiger partial charge in [0.05, 0.1) is 5.69 Å². The first-order valence-corrected chi connectivity index (χ1v) is 7.85. The quantitative estimate of drug-likeness (QED) is 0.878. The van der Waals surface area contributed by atoms with Gasteiger partial charge < -0.3 is 14.9 Å². The lowest BCUT2D eigenvalue weighted by molar-refractivity contribution is 0.0522. The topological polar surface area (TPSA) is 78.7 Å². The number of amides is 1. The van der Waals surface area contributed by atoms with Crippen LogP contribution in [-0.2, 0) is 0 Å². The van der Waals surface area contributed by atoms with E-state index >= 15 is 0 Å². The molecule has 3 rings (SSSR count). The highest BCUT2D eigenvalue weighted by Crippen LogP contribution is 2.18. The van der Waals surface area contributed by atoms with Gasteiger partial charge in [-0.1, -0.05) is 18.2 Å². The van der Waals surface area contributed by atoms with Crippen LogP contribution in [0, 0.1) is 0 Å². The molecular weight excluding hydrogens is 308 g/mol. The number of benzene rings is 1. The lowest BCUT2D eigenvalue weighted by atomic mass is 10.1. The maximum atomic E-state index is 12.8. The second-order valence-electron chi connectivity index (χ2n) is 6.07. The third-order valence-electron chi connectivity index (χ3n) is 4.21. The molecule has 24 heavy (non-hydrogen) atoms. The molecule has 1 fully saturated rings. The van der Waals surface area contributed by atoms with Crippen LogP contribution in [0.2, 0.25) is 0 Å². The van der Waals surface area contributed by atoms with Gasteiger partial charge in [-0.15, -0.1) is 0 Å². The van der Waals surface area contributed by atoms with Gasteiger partial charge in [0.1, 0.15) is 0 Å². The van der Waals surface area contributed by atoms with Crippen LogP contribution in [0.25, 0.3) is 5.69 Å². The average Bonchev–Trinajstić information content (AvgIpc) is 2.55. The number of nitrogens with zero attached hydrogens (tertiary/aromatic N) is 4. The van der Waals surface area contributed by atoms with Crippen LogP contribution in [0.1, 0.15) is 17.4 Å². The molecule has 1 aliphatic heterocycles. The second-order valence-corrected chi connectivity index (χ2v) is 6.07. The number of para-hydroxylation sites is 1. The number of hydrogen-bond acceptors (Lipinski definition) is 5. The number of aromatic nitrogens is 2. The maximum absolute atomic E-state index is 12.8. The van der Waals surface area contributed by atoms with Gasteiger partial charge in [-0.25, -0.2) is 0 Å². The zero-order valence-electron chi connectivity index (χ0n) is 13.7. The van der Waals surface area contributed by atoms with Crippen molar-refractivity contribution in [1.29, 1.82) is 0 Å². The fourth-order valence-electron chi connectivity index (χ4n) is 2.93. The summed E-state index contributed by atoms with van der Waals surface area (Å²) in [5, 5.41) is 14.2. The van der Waals surface area contributed by atoms with Crippen molar-refractivity contribution in [3.8, 4) is 11.4 Å². The molecule has 0 aliphatic carbocycles. The fourth-order valence-corrected chi connectivity index (χ4v) is 2.93. The number of aromatic hydroxyl groups is 1. The van der Waals surface area contributed by atoms with E-state index in [9.17, 15) is 14.7 Å². The third kappa shape index (κ3) is 3.03. The lowest BCUT2D eigenvalue weighted by Crippen LogP contribution is -2.53. The smallest absolute Gasteiger partial charge is 0.278 e. The molecule has 1 N–H and O–H groups in total. The van der Waals surface area contributed by atoms with Gasteiger partial charge in [0, 0.05) is 31.7 Å². The molecule has 1 aliphatic rings. The summed E-state index contributed by atoms with van der Waals surface area (Å²) in [4.78, 5) is 28.7. The van der Waals surface area contributed by atoms with Gasteiger partial charge in [-0.3, -0.25) is 9.59 Å². The number of likely N-dealkylation sites (N-methyl/N-ethyl adjacent to an activating group) is 1. The van der Waals surface area contributed by atoms with E-state index in [-0.39, 0.29) is 23.4 Å². The Bertz CT molecular complexity index is 803. The molecule has 1 saturated heterocycles. The Morgan fingerprint density at radius 2 is 1.96 bits per heavy atom. The van der Waals surface area contributed by atoms with Crippen molar-refractivity contribution in [2.45, 2.75) is 13.0 Å². The van der Waals surface area contributed by atoms with Gasteiger partial charge in [0.25, 0.3) is 11.5 Å². The molecule has 1 aromatic carbocycles. The van der Waals surface area contributed by atoms with Gasteiger partial charge >= 0.3 is 0 Å². The SMILES string of the molecule is CC1CN(C)CCN1C(=O)c1nn(-c2ccccc2)c(=O)cc1O. The monoisotopic (exact) mass is 328 g/mol. The van der Waals surface area contributed by atoms with Crippen LogP contribution in [0.4, 0.5) is 0 Å². The molecule has 7 heteroatoms. The molecule has 0 radical (unpaired) electrons. The largest absolute Gasteiger partial charge is 0.505 e. The Morgan fingerprint density at radius 3 is 2.62 bits per heavy atom. The zero-order chi connectivity index (χ0) is 17.3. The minimum Gasteiger partial charge on any atom is -0.505 e. The molecule has 0 saturated carbocycles. The molecule has 1 atom stereocenters. The van der Waals surface area contributed by atoms with Crippen molar-refractivity contribution in [2.75, 3.05) is 26.7 Å². The molecular formula is C17H20N4O3. The molecule has 0 spiro atoms. The number of carbonyl (C=O) groups is 1. The molecule has 1 amide bonds. The van der Waals surface area contributed by atoms with Gasteiger partial charge in [-0.2, -0.15) is 9.78 Å². The Morgan fingerprint density at radius 1 is 1.25 bits per heavy atom. The van der Waals surface area contributed by atoms with E-state index in [4.69, 9.17) is 0 Å². The van der Waals surface area contributed by atoms with Gasteiger partial charge in [0.2, 0.25) is 0 Å². The van der Waals surface area contributed by atoms with E-state index in [0.29, 0.717) is 12.2 Å². The maximum Gasteiger partial charge on any atom is 0.278 e. The fraction of sp³-hybridized carbons (Fsp3) is 0.353. The van der Waals surface area contributed by atoms with Crippen LogP contribution in [0.3, 0.4) is 0 Å². The standard InChI is InChI=1S/C17H20N4O3/c1-12-11-19(2)8-9-20(12)17(24)16-14(22)10-15(23)21(18-16)13-6-4-3-5-7-13/h3-7,10,12,22H,8-9,11H2,1-2H3. The molecule has 1 aromatic heterocycles. The predicted octanol–water partition coefficient (Wildman–Crippen LogP) is 0.714. The predicted molar refractivity (Wildman–Crippen MR) is 89.5 cm³/mol. The molecule has 2 aromatic rings. The summed E-state index contributed by atoms with van der Waals surface area (Å²) >= 11 is 0. The highest BCUT2D eigenvalue weighted by molar-refractivity contribution is 5.95. The van der Waals surface area contributed by atoms with Crippen molar-refractivity contribution in [3.05, 3.63) is 52.4 Å². The number of rotatable bonds is 2. The molecule has 1 unspecified atom stereocenters. The summed E-state index contributed by atoms with van der Waals surface area (Å²) < 4.78 is 1.13. The Labute approximate surface area is 139 Å². The van der Waals surface area contributed by atoms with E-state index in [2.05, 4.69) is 10.00 Å². The highest BCUT2D eigenvalue weighted by Gasteiger charge is 2.29. The van der Waals surface area contributed by atoms with E-state index in [1.807, 2.05) is 20.0 Å². The molecule has 0 bridgehead atoms. The first-order valence-electron chi connectivity index (χ1n) is 7.85. The highest BCUT2D eigenvalue weighted by atomic mass is 16.3. The van der Waals surface area contributed by atoms with Gasteiger partial charge in [-0.05, 0) is 26.1 Å². The van der Waals surface area contributed by atoms with E-state index in [0.717, 1.165) is 23.8 Å². The Kier molecular flexibility index (Phi) is 4.35. The normalized spacial score (nSPS) is 18.6. The minimum absolute atomic E-state index is 0.00885. The number of carbonyl (C=O) groups excluding carboxylic acids is 1. The van der Waals surface area contributed by atoms with E-state index in [1.54, 1.807) is 29.2 Å². The van der Waals surface area contributed by atoms with Crippen LogP contribution in [-0.4, -0.2) is 63.3 Å². The molecule has 2 heterocycles. The van der Waals surface area contributed by atoms with E-state index < -0.39 is 5.56 Å². The third-order valence-corrected chi connectivity index (χ3v) is 4.21. The lowest BCUT2D eigenvalue weighted by Gasteiger charge is -2.38. The van der Waals surface area contributed by atoms with Crippen LogP contribution in [0.15, 0.2) is 41.2 Å². The van der Waals surface area contributed by atoms with Crippen molar-refractivity contribution in [2.24, 2.45) is 0 Å². The van der Waals surface area contributed by atoms with Crippen molar-refractivity contribution in [1.82, 2.24) is 19.6 Å². The van der Waals surface area contributed by atoms with Gasteiger partial charge in [0.15, 0.2) is 11.4 Å². The van der Waals surface area contributed by atoms with Crippen molar-refractivity contribution in [3.63, 3.8) is 0 Å². The average molecular weight is 328 g/mol. The van der Waals surface area contributed by atoms with Crippen molar-refractivity contribution < 1.29 is 9.90 Å². The molecule has 7 nitrogen and oxygen atoms in total. The minimum atomic E-state index is -0.485. The van der Waals surface area contributed by atoms with E-state index in [1.165, 1.54) is 0 Å². The number of hydrogen-bond donors (Lipinski definition) is 1. The summed E-state index contributed by atoms with van der Waals surface area (Å²) in [6.07, 6.45) is 0. The summed E-state index contributed by atoms with van der Waals surface area (Å²) in [5.41, 5.74) is -0.0421. The van der Waals surface area contributed by atoms with Crippen LogP contribution < -0.4 is 5.56 Å². The van der Waals surface area contributed by atoms with Crippen LogP contribution in [0.5, 0.6) is 5.75 Å². The summed E-state index contributed by atoms with van der Waals surface area (Å²) in [7, 11) is 2.00. The summed E-state index contributed by atoms with van der Waals surface area (Å²) in [5.74, 6) is -0.749. The molecule has 126 valence electrons. The summed E-state index contributed by atoms with van der Waals surface area (Å²) in [6, 6.07) is 9.87.